The summed E-state index contributed by atoms with van der Waals surface area (Å²) in [4.78, 5) is 28.9. The van der Waals surface area contributed by atoms with Crippen molar-refractivity contribution in [2.45, 2.75) is 13.0 Å². The summed E-state index contributed by atoms with van der Waals surface area (Å²) in [6, 6.07) is 12.4. The van der Waals surface area contributed by atoms with E-state index < -0.39 is 6.04 Å². The van der Waals surface area contributed by atoms with Crippen molar-refractivity contribution < 1.29 is 4.79 Å². The fraction of sp³-hybridized carbons (Fsp3) is 0.125. The van der Waals surface area contributed by atoms with Gasteiger partial charge in [-0.3, -0.25) is 4.79 Å². The maximum Gasteiger partial charge on any atom is 0.323 e. The molecule has 0 saturated carbocycles. The Hall–Kier alpha value is -2.54. The molecule has 0 aliphatic carbocycles. The van der Waals surface area contributed by atoms with Crippen molar-refractivity contribution in [1.29, 1.82) is 0 Å². The first kappa shape index (κ1) is 15.4. The molecule has 3 aromatic rings. The Kier molecular flexibility index (Phi) is 4.20. The molecule has 1 aromatic heterocycles. The molecule has 0 radical (unpaired) electrons. The van der Waals surface area contributed by atoms with Gasteiger partial charge in [-0.2, -0.15) is 0 Å². The molecule has 4 N–H and O–H groups in total. The zero-order valence-corrected chi connectivity index (χ0v) is 13.9. The normalized spacial score (nSPS) is 12.1. The quantitative estimate of drug-likeness (QED) is 0.565. The molecule has 3 rings (SSSR count). The predicted octanol–water partition coefficient (Wildman–Crippen LogP) is 3.06. The predicted molar refractivity (Wildman–Crippen MR) is 94.8 cm³/mol. The number of carbonyl (C=O) groups is 1. The number of hydrogen-bond acceptors (Lipinski definition) is 3. The lowest BCUT2D eigenvalue weighted by molar-refractivity contribution is -0.116. The SMILES string of the molecule is CC(Nc1ccc2[nH]c(=O)[nH]c2c1)C(=O)Nc1ccccc1Br. The highest BCUT2D eigenvalue weighted by Crippen LogP contribution is 2.22. The molecule has 6 nitrogen and oxygen atoms in total. The number of amides is 1. The number of rotatable bonds is 4. The summed E-state index contributed by atoms with van der Waals surface area (Å²) in [5, 5.41) is 5.98. The van der Waals surface area contributed by atoms with Crippen LogP contribution in [0.15, 0.2) is 51.7 Å². The van der Waals surface area contributed by atoms with Crippen molar-refractivity contribution in [1.82, 2.24) is 9.97 Å². The highest BCUT2D eigenvalue weighted by Gasteiger charge is 2.14. The van der Waals surface area contributed by atoms with E-state index in [0.29, 0.717) is 5.52 Å². The summed E-state index contributed by atoms with van der Waals surface area (Å²) < 4.78 is 0.826. The Labute approximate surface area is 140 Å². The van der Waals surface area contributed by atoms with Gasteiger partial charge < -0.3 is 20.6 Å². The Bertz CT molecular complexity index is 916. The number of para-hydroxylation sites is 1. The molecule has 2 aromatic carbocycles. The molecule has 23 heavy (non-hydrogen) atoms. The molecule has 0 spiro atoms. The number of carbonyl (C=O) groups excluding carboxylic acids is 1. The Morgan fingerprint density at radius 3 is 2.65 bits per heavy atom. The highest BCUT2D eigenvalue weighted by molar-refractivity contribution is 9.10. The largest absolute Gasteiger partial charge is 0.374 e. The standard InChI is InChI=1S/C16H15BrN4O2/c1-9(15(22)19-12-5-3-2-4-11(12)17)18-10-6-7-13-14(8-10)21-16(23)20-13/h2-9,18H,1H3,(H,19,22)(H2,20,21,23). The van der Waals surface area contributed by atoms with Gasteiger partial charge in [0.15, 0.2) is 0 Å². The molecule has 0 fully saturated rings. The topological polar surface area (TPSA) is 89.8 Å². The summed E-state index contributed by atoms with van der Waals surface area (Å²) in [7, 11) is 0. The van der Waals surface area contributed by atoms with Crippen molar-refractivity contribution in [2.75, 3.05) is 10.6 Å². The van der Waals surface area contributed by atoms with Crippen molar-refractivity contribution >= 4 is 44.2 Å². The number of benzene rings is 2. The third kappa shape index (κ3) is 3.45. The second kappa shape index (κ2) is 6.29. The number of halogens is 1. The van der Waals surface area contributed by atoms with E-state index in [4.69, 9.17) is 0 Å². The molecule has 1 unspecified atom stereocenters. The van der Waals surface area contributed by atoms with Crippen LogP contribution in [0.5, 0.6) is 0 Å². The molecular weight excluding hydrogens is 360 g/mol. The summed E-state index contributed by atoms with van der Waals surface area (Å²) in [5.41, 5.74) is 2.64. The zero-order valence-electron chi connectivity index (χ0n) is 12.3. The summed E-state index contributed by atoms with van der Waals surface area (Å²) in [6.07, 6.45) is 0. The van der Waals surface area contributed by atoms with Crippen LogP contribution in [0.2, 0.25) is 0 Å². The second-order valence-electron chi connectivity index (χ2n) is 5.17. The fourth-order valence-electron chi connectivity index (χ4n) is 2.24. The molecule has 0 bridgehead atoms. The lowest BCUT2D eigenvalue weighted by Crippen LogP contribution is -2.31. The maximum atomic E-state index is 12.3. The van der Waals surface area contributed by atoms with E-state index >= 15 is 0 Å². The van der Waals surface area contributed by atoms with Gasteiger partial charge in [0, 0.05) is 10.2 Å². The van der Waals surface area contributed by atoms with Gasteiger partial charge in [-0.15, -0.1) is 0 Å². The first-order valence-electron chi connectivity index (χ1n) is 7.07. The van der Waals surface area contributed by atoms with Gasteiger partial charge in [-0.1, -0.05) is 12.1 Å². The van der Waals surface area contributed by atoms with Crippen LogP contribution >= 0.6 is 15.9 Å². The minimum Gasteiger partial charge on any atom is -0.374 e. The van der Waals surface area contributed by atoms with E-state index in [9.17, 15) is 9.59 Å². The van der Waals surface area contributed by atoms with Crippen LogP contribution in [0, 0.1) is 0 Å². The van der Waals surface area contributed by atoms with E-state index in [1.165, 1.54) is 0 Å². The van der Waals surface area contributed by atoms with Gasteiger partial charge in [0.1, 0.15) is 6.04 Å². The van der Waals surface area contributed by atoms with Crippen molar-refractivity contribution in [3.05, 3.63) is 57.4 Å². The summed E-state index contributed by atoms with van der Waals surface area (Å²) in [5.74, 6) is -0.153. The minimum absolute atomic E-state index is 0.153. The van der Waals surface area contributed by atoms with Crippen molar-refractivity contribution in [3.63, 3.8) is 0 Å². The third-order valence-electron chi connectivity index (χ3n) is 3.42. The first-order valence-corrected chi connectivity index (χ1v) is 7.86. The molecule has 0 saturated heterocycles. The summed E-state index contributed by atoms with van der Waals surface area (Å²) in [6.45, 7) is 1.77. The Balaban J connectivity index is 1.72. The minimum atomic E-state index is -0.440. The van der Waals surface area contributed by atoms with Crippen molar-refractivity contribution in [2.24, 2.45) is 0 Å². The smallest absolute Gasteiger partial charge is 0.323 e. The number of imidazole rings is 1. The van der Waals surface area contributed by atoms with Crippen LogP contribution in [0.3, 0.4) is 0 Å². The molecule has 118 valence electrons. The Morgan fingerprint density at radius 1 is 1.13 bits per heavy atom. The summed E-state index contributed by atoms with van der Waals surface area (Å²) >= 11 is 3.40. The van der Waals surface area contributed by atoms with Gasteiger partial charge in [-0.05, 0) is 53.2 Å². The van der Waals surface area contributed by atoms with Gasteiger partial charge in [-0.25, -0.2) is 4.79 Å². The van der Waals surface area contributed by atoms with Crippen LogP contribution in [0.4, 0.5) is 11.4 Å². The van der Waals surface area contributed by atoms with Gasteiger partial charge in [0.05, 0.1) is 16.7 Å². The van der Waals surface area contributed by atoms with Crippen LogP contribution in [-0.4, -0.2) is 21.9 Å². The van der Waals surface area contributed by atoms with Crippen LogP contribution in [0.1, 0.15) is 6.92 Å². The molecule has 0 aliphatic rings. The molecule has 1 heterocycles. The number of aromatic nitrogens is 2. The number of anilines is 2. The zero-order chi connectivity index (χ0) is 16.4. The number of fused-ring (bicyclic) bond motifs is 1. The van der Waals surface area contributed by atoms with Gasteiger partial charge in [0.25, 0.3) is 0 Å². The van der Waals surface area contributed by atoms with E-state index in [-0.39, 0.29) is 11.6 Å². The fourth-order valence-corrected chi connectivity index (χ4v) is 2.63. The maximum absolute atomic E-state index is 12.3. The van der Waals surface area contributed by atoms with E-state index in [1.54, 1.807) is 19.1 Å². The number of aromatic amines is 2. The monoisotopic (exact) mass is 374 g/mol. The second-order valence-corrected chi connectivity index (χ2v) is 6.03. The van der Waals surface area contributed by atoms with Gasteiger partial charge in [0.2, 0.25) is 5.91 Å². The van der Waals surface area contributed by atoms with Crippen LogP contribution < -0.4 is 16.3 Å². The third-order valence-corrected chi connectivity index (χ3v) is 4.12. The molecule has 1 amide bonds. The van der Waals surface area contributed by atoms with E-state index in [1.807, 2.05) is 30.3 Å². The molecular formula is C16H15BrN4O2. The number of H-pyrrole nitrogens is 2. The number of nitrogens with one attached hydrogen (secondary N) is 4. The first-order chi connectivity index (χ1) is 11.0. The average molecular weight is 375 g/mol. The highest BCUT2D eigenvalue weighted by atomic mass is 79.9. The van der Waals surface area contributed by atoms with Gasteiger partial charge >= 0.3 is 5.69 Å². The van der Waals surface area contributed by atoms with Crippen LogP contribution in [0.25, 0.3) is 11.0 Å². The van der Waals surface area contributed by atoms with Crippen molar-refractivity contribution in [3.8, 4) is 0 Å². The molecule has 1 atom stereocenters. The lowest BCUT2D eigenvalue weighted by Gasteiger charge is -2.16. The van der Waals surface area contributed by atoms with Crippen LogP contribution in [-0.2, 0) is 4.79 Å². The van der Waals surface area contributed by atoms with E-state index in [2.05, 4.69) is 36.5 Å². The molecule has 0 aliphatic heterocycles. The molecule has 7 heteroatoms. The average Bonchev–Trinajstić information content (AvgIpc) is 2.88. The lowest BCUT2D eigenvalue weighted by atomic mass is 10.2. The number of hydrogen-bond donors (Lipinski definition) is 4. The van der Waals surface area contributed by atoms with E-state index in [0.717, 1.165) is 21.4 Å². The Morgan fingerprint density at radius 2 is 1.87 bits per heavy atom.